The number of rotatable bonds is 2. The number of nitriles is 1. The molecule has 1 rings (SSSR count). The van der Waals surface area contributed by atoms with Gasteiger partial charge in [0.15, 0.2) is 5.69 Å². The average molecular weight is 255 g/mol. The van der Waals surface area contributed by atoms with Gasteiger partial charge in [0.25, 0.3) is 0 Å². The fourth-order valence-corrected chi connectivity index (χ4v) is 1.37. The summed E-state index contributed by atoms with van der Waals surface area (Å²) in [4.78, 5) is 15.1. The standard InChI is InChI=1S/C9H7BrN2O2/c1-2-14-9(13)6-3-4-12-7(5-11)8(6)10/h3-4H,2H2,1H3. The summed E-state index contributed by atoms with van der Waals surface area (Å²) in [6, 6.07) is 3.37. The molecule has 0 aliphatic heterocycles. The number of carbonyl (C=O) groups excluding carboxylic acids is 1. The Morgan fingerprint density at radius 1 is 1.79 bits per heavy atom. The Morgan fingerprint density at radius 2 is 2.50 bits per heavy atom. The Balaban J connectivity index is 3.11. The maximum absolute atomic E-state index is 11.3. The lowest BCUT2D eigenvalue weighted by atomic mass is 10.2. The molecule has 0 spiro atoms. The minimum Gasteiger partial charge on any atom is -0.462 e. The molecule has 14 heavy (non-hydrogen) atoms. The molecular weight excluding hydrogens is 248 g/mol. The number of hydrogen-bond donors (Lipinski definition) is 0. The number of nitrogens with zero attached hydrogens (tertiary/aromatic N) is 2. The molecule has 0 atom stereocenters. The van der Waals surface area contributed by atoms with Gasteiger partial charge in [-0.3, -0.25) is 0 Å². The highest BCUT2D eigenvalue weighted by atomic mass is 79.9. The van der Waals surface area contributed by atoms with Gasteiger partial charge in [0, 0.05) is 6.20 Å². The summed E-state index contributed by atoms with van der Waals surface area (Å²) in [6.45, 7) is 2.02. The van der Waals surface area contributed by atoms with Crippen molar-refractivity contribution >= 4 is 21.9 Å². The number of carbonyl (C=O) groups is 1. The maximum atomic E-state index is 11.3. The Morgan fingerprint density at radius 3 is 3.07 bits per heavy atom. The third-order valence-corrected chi connectivity index (χ3v) is 2.29. The second-order valence-electron chi connectivity index (χ2n) is 2.35. The van der Waals surface area contributed by atoms with Crippen molar-refractivity contribution in [3.05, 3.63) is 28.0 Å². The van der Waals surface area contributed by atoms with E-state index in [9.17, 15) is 4.79 Å². The number of hydrogen-bond acceptors (Lipinski definition) is 4. The van der Waals surface area contributed by atoms with E-state index >= 15 is 0 Å². The average Bonchev–Trinajstić information content (AvgIpc) is 2.18. The molecule has 0 fully saturated rings. The van der Waals surface area contributed by atoms with E-state index in [-0.39, 0.29) is 5.69 Å². The van der Waals surface area contributed by atoms with Crippen LogP contribution in [0.5, 0.6) is 0 Å². The summed E-state index contributed by atoms with van der Waals surface area (Å²) in [5, 5.41) is 8.66. The molecule has 0 saturated heterocycles. The molecule has 0 aliphatic carbocycles. The fourth-order valence-electron chi connectivity index (χ4n) is 0.888. The van der Waals surface area contributed by atoms with Crippen molar-refractivity contribution in [3.8, 4) is 6.07 Å². The SMILES string of the molecule is CCOC(=O)c1ccnc(C#N)c1Br. The second kappa shape index (κ2) is 4.72. The first kappa shape index (κ1) is 10.7. The minimum absolute atomic E-state index is 0.176. The predicted molar refractivity (Wildman–Crippen MR) is 52.6 cm³/mol. The molecule has 0 bridgehead atoms. The molecule has 4 nitrogen and oxygen atoms in total. The van der Waals surface area contributed by atoms with Crippen LogP contribution in [0, 0.1) is 11.3 Å². The van der Waals surface area contributed by atoms with Gasteiger partial charge in [0.05, 0.1) is 16.6 Å². The van der Waals surface area contributed by atoms with Crippen LogP contribution in [-0.2, 0) is 4.74 Å². The van der Waals surface area contributed by atoms with E-state index < -0.39 is 5.97 Å². The third kappa shape index (κ3) is 2.09. The Bertz CT molecular complexity index is 398. The Hall–Kier alpha value is -1.41. The van der Waals surface area contributed by atoms with Crippen LogP contribution in [-0.4, -0.2) is 17.6 Å². The maximum Gasteiger partial charge on any atom is 0.339 e. The highest BCUT2D eigenvalue weighted by molar-refractivity contribution is 9.10. The van der Waals surface area contributed by atoms with E-state index in [1.165, 1.54) is 12.3 Å². The van der Waals surface area contributed by atoms with E-state index in [0.717, 1.165) is 0 Å². The number of esters is 1. The van der Waals surface area contributed by atoms with Crippen LogP contribution in [0.4, 0.5) is 0 Å². The third-order valence-electron chi connectivity index (χ3n) is 1.49. The first-order valence-electron chi connectivity index (χ1n) is 3.92. The number of pyridine rings is 1. The van der Waals surface area contributed by atoms with Gasteiger partial charge in [0.1, 0.15) is 6.07 Å². The Labute approximate surface area is 89.6 Å². The first-order chi connectivity index (χ1) is 6.70. The van der Waals surface area contributed by atoms with Gasteiger partial charge in [-0.05, 0) is 28.9 Å². The van der Waals surface area contributed by atoms with E-state index in [2.05, 4.69) is 20.9 Å². The van der Waals surface area contributed by atoms with Gasteiger partial charge in [-0.25, -0.2) is 9.78 Å². The lowest BCUT2D eigenvalue weighted by Crippen LogP contribution is -2.06. The van der Waals surface area contributed by atoms with Crippen molar-refractivity contribution in [2.45, 2.75) is 6.92 Å². The number of aromatic nitrogens is 1. The molecule has 0 saturated carbocycles. The van der Waals surface area contributed by atoms with Crippen molar-refractivity contribution in [1.82, 2.24) is 4.98 Å². The fraction of sp³-hybridized carbons (Fsp3) is 0.222. The molecule has 0 unspecified atom stereocenters. The molecular formula is C9H7BrN2O2. The number of ether oxygens (including phenoxy) is 1. The van der Waals surface area contributed by atoms with Crippen LogP contribution >= 0.6 is 15.9 Å². The summed E-state index contributed by atoms with van der Waals surface area (Å²) in [5.74, 6) is -0.460. The van der Waals surface area contributed by atoms with Gasteiger partial charge in [-0.15, -0.1) is 0 Å². The molecule has 1 aromatic rings. The predicted octanol–water partition coefficient (Wildman–Crippen LogP) is 1.89. The molecule has 0 aliphatic rings. The summed E-state index contributed by atoms with van der Waals surface area (Å²) in [5.41, 5.74) is 0.494. The van der Waals surface area contributed by atoms with Crippen molar-refractivity contribution in [1.29, 1.82) is 5.26 Å². The highest BCUT2D eigenvalue weighted by Crippen LogP contribution is 2.19. The van der Waals surface area contributed by atoms with Gasteiger partial charge in [0.2, 0.25) is 0 Å². The quantitative estimate of drug-likeness (QED) is 0.757. The summed E-state index contributed by atoms with van der Waals surface area (Å²) in [6.07, 6.45) is 1.40. The van der Waals surface area contributed by atoms with Gasteiger partial charge < -0.3 is 4.74 Å². The van der Waals surface area contributed by atoms with Crippen LogP contribution in [0.25, 0.3) is 0 Å². The lowest BCUT2D eigenvalue weighted by molar-refractivity contribution is 0.0525. The van der Waals surface area contributed by atoms with E-state index in [1.54, 1.807) is 6.92 Å². The normalized spacial score (nSPS) is 9.21. The second-order valence-corrected chi connectivity index (χ2v) is 3.15. The largest absolute Gasteiger partial charge is 0.462 e. The monoisotopic (exact) mass is 254 g/mol. The summed E-state index contributed by atoms with van der Waals surface area (Å²) < 4.78 is 5.18. The Kier molecular flexibility index (Phi) is 3.60. The molecule has 0 aromatic carbocycles. The summed E-state index contributed by atoms with van der Waals surface area (Å²) in [7, 11) is 0. The zero-order valence-corrected chi connectivity index (χ0v) is 9.04. The van der Waals surface area contributed by atoms with Crippen molar-refractivity contribution in [2.75, 3.05) is 6.61 Å². The molecule has 0 N–H and O–H groups in total. The van der Waals surface area contributed by atoms with Gasteiger partial charge in [-0.1, -0.05) is 0 Å². The van der Waals surface area contributed by atoms with Crippen LogP contribution in [0.15, 0.2) is 16.7 Å². The van der Waals surface area contributed by atoms with Crippen molar-refractivity contribution in [2.24, 2.45) is 0 Å². The van der Waals surface area contributed by atoms with Gasteiger partial charge >= 0.3 is 5.97 Å². The van der Waals surface area contributed by atoms with Crippen LogP contribution in [0.3, 0.4) is 0 Å². The van der Waals surface area contributed by atoms with Crippen molar-refractivity contribution in [3.63, 3.8) is 0 Å². The van der Waals surface area contributed by atoms with E-state index in [1.807, 2.05) is 6.07 Å². The van der Waals surface area contributed by atoms with Crippen LogP contribution < -0.4 is 0 Å². The summed E-state index contributed by atoms with van der Waals surface area (Å²) >= 11 is 3.13. The molecule has 5 heteroatoms. The van der Waals surface area contributed by atoms with Gasteiger partial charge in [-0.2, -0.15) is 5.26 Å². The molecule has 1 aromatic heterocycles. The molecule has 0 amide bonds. The highest BCUT2D eigenvalue weighted by Gasteiger charge is 2.14. The lowest BCUT2D eigenvalue weighted by Gasteiger charge is -2.03. The molecule has 1 heterocycles. The number of halogens is 1. The van der Waals surface area contributed by atoms with Crippen molar-refractivity contribution < 1.29 is 9.53 Å². The smallest absolute Gasteiger partial charge is 0.339 e. The van der Waals surface area contributed by atoms with Crippen LogP contribution in [0.1, 0.15) is 23.0 Å². The molecule has 72 valence electrons. The molecule has 0 radical (unpaired) electrons. The van der Waals surface area contributed by atoms with Crippen LogP contribution in [0.2, 0.25) is 0 Å². The minimum atomic E-state index is -0.460. The zero-order chi connectivity index (χ0) is 10.6. The zero-order valence-electron chi connectivity index (χ0n) is 7.45. The topological polar surface area (TPSA) is 63.0 Å². The van der Waals surface area contributed by atoms with E-state index in [4.69, 9.17) is 10.00 Å². The van der Waals surface area contributed by atoms with E-state index in [0.29, 0.717) is 16.6 Å². The first-order valence-corrected chi connectivity index (χ1v) is 4.71.